The maximum Gasteiger partial charge on any atom is 0.261 e. The number of aryl methyl sites for hydroxylation is 1. The third kappa shape index (κ3) is 2.63. The van der Waals surface area contributed by atoms with E-state index in [1.165, 1.54) is 11.3 Å². The molecule has 3 rings (SSSR count). The second-order valence-electron chi connectivity index (χ2n) is 5.68. The van der Waals surface area contributed by atoms with Crippen LogP contribution in [0.5, 0.6) is 5.75 Å². The molecule has 0 radical (unpaired) electrons. The van der Waals surface area contributed by atoms with Crippen LogP contribution in [0.25, 0.3) is 10.1 Å². The molecule has 0 unspecified atom stereocenters. The van der Waals surface area contributed by atoms with Gasteiger partial charge >= 0.3 is 0 Å². The van der Waals surface area contributed by atoms with Gasteiger partial charge in [-0.3, -0.25) is 4.79 Å². The zero-order chi connectivity index (χ0) is 15.0. The van der Waals surface area contributed by atoms with Crippen LogP contribution in [0.4, 0.5) is 0 Å². The number of fused-ring (bicyclic) bond motifs is 1. The average molecular weight is 305 g/mol. The molecule has 1 saturated carbocycles. The van der Waals surface area contributed by atoms with Crippen molar-refractivity contribution in [3.8, 4) is 5.75 Å². The first-order valence-corrected chi connectivity index (χ1v) is 7.92. The Morgan fingerprint density at radius 3 is 2.86 bits per heavy atom. The average Bonchev–Trinajstić information content (AvgIpc) is 2.79. The normalized spacial score (nSPS) is 16.5. The highest BCUT2D eigenvalue weighted by molar-refractivity contribution is 7.21. The van der Waals surface area contributed by atoms with Gasteiger partial charge in [0.05, 0.1) is 17.6 Å². The van der Waals surface area contributed by atoms with E-state index in [4.69, 9.17) is 4.74 Å². The smallest absolute Gasteiger partial charge is 0.261 e. The summed E-state index contributed by atoms with van der Waals surface area (Å²) in [5.74, 6) is 0.687. The van der Waals surface area contributed by atoms with Crippen LogP contribution in [0.15, 0.2) is 18.2 Å². The number of ether oxygens (including phenoxy) is 1. The van der Waals surface area contributed by atoms with Crippen LogP contribution >= 0.6 is 11.3 Å². The van der Waals surface area contributed by atoms with Gasteiger partial charge in [-0.15, -0.1) is 11.3 Å². The summed E-state index contributed by atoms with van der Waals surface area (Å²) in [5.41, 5.74) is 0.274. The van der Waals surface area contributed by atoms with Crippen LogP contribution in [0.2, 0.25) is 0 Å². The first-order valence-electron chi connectivity index (χ1n) is 7.10. The predicted molar refractivity (Wildman–Crippen MR) is 84.2 cm³/mol. The fourth-order valence-electron chi connectivity index (χ4n) is 2.63. The number of nitrogens with one attached hydrogen (secondary N) is 1. The molecule has 4 nitrogen and oxygen atoms in total. The molecule has 1 aromatic heterocycles. The lowest BCUT2D eigenvalue weighted by Gasteiger charge is -2.36. The van der Waals surface area contributed by atoms with Crippen molar-refractivity contribution in [3.63, 3.8) is 0 Å². The maximum absolute atomic E-state index is 12.3. The van der Waals surface area contributed by atoms with E-state index in [0.717, 1.165) is 40.7 Å². The molecule has 1 aliphatic rings. The number of thiophene rings is 1. The van der Waals surface area contributed by atoms with E-state index in [2.05, 4.69) is 5.32 Å². The lowest BCUT2D eigenvalue weighted by molar-refractivity contribution is -0.0300. The van der Waals surface area contributed by atoms with Crippen LogP contribution in [-0.2, 0) is 0 Å². The van der Waals surface area contributed by atoms with E-state index in [1.54, 1.807) is 7.11 Å². The molecule has 1 heterocycles. The van der Waals surface area contributed by atoms with Crippen LogP contribution < -0.4 is 10.1 Å². The lowest BCUT2D eigenvalue weighted by atomic mass is 9.80. The topological polar surface area (TPSA) is 58.6 Å². The summed E-state index contributed by atoms with van der Waals surface area (Å²) in [7, 11) is 1.63. The number of hydrogen-bond donors (Lipinski definition) is 2. The molecule has 1 fully saturated rings. The fourth-order valence-corrected chi connectivity index (χ4v) is 3.74. The van der Waals surface area contributed by atoms with E-state index >= 15 is 0 Å². The highest BCUT2D eigenvalue weighted by atomic mass is 32.1. The van der Waals surface area contributed by atoms with Gasteiger partial charge in [0, 0.05) is 11.2 Å². The molecule has 2 N–H and O–H groups in total. The molecule has 0 spiro atoms. The standard InChI is InChI=1S/C16H19NO3S/c1-10-12-8-11(20-2)4-5-13(12)21-14(10)15(18)17-9-16(19)6-3-7-16/h4-5,8,19H,3,6-7,9H2,1-2H3,(H,17,18). The third-order valence-electron chi connectivity index (χ3n) is 4.21. The van der Waals surface area contributed by atoms with Gasteiger partial charge in [-0.05, 0) is 55.3 Å². The SMILES string of the molecule is COc1ccc2sc(C(=O)NCC3(O)CCC3)c(C)c2c1. The van der Waals surface area contributed by atoms with Crippen molar-refractivity contribution in [3.05, 3.63) is 28.6 Å². The van der Waals surface area contributed by atoms with Crippen LogP contribution in [-0.4, -0.2) is 30.3 Å². The summed E-state index contributed by atoms with van der Waals surface area (Å²) < 4.78 is 6.30. The van der Waals surface area contributed by atoms with E-state index in [1.807, 2.05) is 25.1 Å². The maximum atomic E-state index is 12.3. The number of benzene rings is 1. The van der Waals surface area contributed by atoms with E-state index < -0.39 is 5.60 Å². The minimum Gasteiger partial charge on any atom is -0.497 e. The Morgan fingerprint density at radius 2 is 2.24 bits per heavy atom. The number of carbonyl (C=O) groups is 1. The monoisotopic (exact) mass is 305 g/mol. The molecule has 2 aromatic rings. The molecule has 21 heavy (non-hydrogen) atoms. The zero-order valence-electron chi connectivity index (χ0n) is 12.2. The summed E-state index contributed by atoms with van der Waals surface area (Å²) in [6.45, 7) is 2.29. The molecule has 1 amide bonds. The Labute approximate surface area is 127 Å². The Morgan fingerprint density at radius 1 is 1.48 bits per heavy atom. The van der Waals surface area contributed by atoms with Gasteiger partial charge in [0.25, 0.3) is 5.91 Å². The quantitative estimate of drug-likeness (QED) is 0.913. The second kappa shape index (κ2) is 5.31. The number of carbonyl (C=O) groups excluding carboxylic acids is 1. The number of hydrogen-bond acceptors (Lipinski definition) is 4. The van der Waals surface area contributed by atoms with Gasteiger partial charge < -0.3 is 15.2 Å². The summed E-state index contributed by atoms with van der Waals surface area (Å²) in [6.07, 6.45) is 2.58. The van der Waals surface area contributed by atoms with E-state index in [-0.39, 0.29) is 5.91 Å². The van der Waals surface area contributed by atoms with E-state index in [9.17, 15) is 9.90 Å². The Hall–Kier alpha value is -1.59. The zero-order valence-corrected chi connectivity index (χ0v) is 13.0. The van der Waals surface area contributed by atoms with E-state index in [0.29, 0.717) is 11.4 Å². The molecule has 5 heteroatoms. The Bertz CT molecular complexity index is 688. The van der Waals surface area contributed by atoms with Crippen molar-refractivity contribution in [2.24, 2.45) is 0 Å². The Kier molecular flexibility index (Phi) is 3.63. The molecule has 0 saturated heterocycles. The number of rotatable bonds is 4. The van der Waals surface area contributed by atoms with Gasteiger partial charge in [-0.1, -0.05) is 0 Å². The molecular weight excluding hydrogens is 286 g/mol. The lowest BCUT2D eigenvalue weighted by Crippen LogP contribution is -2.47. The van der Waals surface area contributed by atoms with Crippen molar-refractivity contribution >= 4 is 27.3 Å². The summed E-state index contributed by atoms with van der Waals surface area (Å²) >= 11 is 1.48. The summed E-state index contributed by atoms with van der Waals surface area (Å²) in [6, 6.07) is 5.83. The number of aliphatic hydroxyl groups is 1. The molecule has 1 aromatic carbocycles. The van der Waals surface area contributed by atoms with Crippen molar-refractivity contribution in [1.82, 2.24) is 5.32 Å². The molecule has 1 aliphatic carbocycles. The fraction of sp³-hybridized carbons (Fsp3) is 0.438. The van der Waals surface area contributed by atoms with Crippen molar-refractivity contribution < 1.29 is 14.6 Å². The predicted octanol–water partition coefficient (Wildman–Crippen LogP) is 2.86. The minimum atomic E-state index is -0.691. The third-order valence-corrected chi connectivity index (χ3v) is 5.48. The highest BCUT2D eigenvalue weighted by Gasteiger charge is 2.34. The van der Waals surface area contributed by atoms with Crippen molar-refractivity contribution in [1.29, 1.82) is 0 Å². The Balaban J connectivity index is 1.82. The molecule has 112 valence electrons. The molecule has 0 bridgehead atoms. The molecule has 0 aliphatic heterocycles. The number of methoxy groups -OCH3 is 1. The minimum absolute atomic E-state index is 0.104. The van der Waals surface area contributed by atoms with Gasteiger partial charge in [-0.2, -0.15) is 0 Å². The largest absolute Gasteiger partial charge is 0.497 e. The van der Waals surface area contributed by atoms with Crippen LogP contribution in [0, 0.1) is 6.92 Å². The molecule has 0 atom stereocenters. The van der Waals surface area contributed by atoms with Gasteiger partial charge in [0.1, 0.15) is 5.75 Å². The van der Waals surface area contributed by atoms with Crippen molar-refractivity contribution in [2.45, 2.75) is 31.8 Å². The van der Waals surface area contributed by atoms with Crippen molar-refractivity contribution in [2.75, 3.05) is 13.7 Å². The summed E-state index contributed by atoms with van der Waals surface area (Å²) in [5, 5.41) is 14.0. The van der Waals surface area contributed by atoms with Gasteiger partial charge in [-0.25, -0.2) is 0 Å². The molecular formula is C16H19NO3S. The first-order chi connectivity index (χ1) is 10.0. The van der Waals surface area contributed by atoms with Crippen LogP contribution in [0.3, 0.4) is 0 Å². The van der Waals surface area contributed by atoms with Crippen LogP contribution in [0.1, 0.15) is 34.5 Å². The first kappa shape index (κ1) is 14.4. The highest BCUT2D eigenvalue weighted by Crippen LogP contribution is 2.34. The second-order valence-corrected chi connectivity index (χ2v) is 6.73. The number of amides is 1. The van der Waals surface area contributed by atoms with Gasteiger partial charge in [0.15, 0.2) is 0 Å². The summed E-state index contributed by atoms with van der Waals surface area (Å²) in [4.78, 5) is 13.0. The van der Waals surface area contributed by atoms with Gasteiger partial charge in [0.2, 0.25) is 0 Å².